The predicted octanol–water partition coefficient (Wildman–Crippen LogP) is 1.73. The van der Waals surface area contributed by atoms with E-state index >= 15 is 0 Å². The summed E-state index contributed by atoms with van der Waals surface area (Å²) in [7, 11) is -3.55. The van der Waals surface area contributed by atoms with E-state index in [1.54, 1.807) is 6.20 Å². The first-order chi connectivity index (χ1) is 9.57. The number of H-pyrrole nitrogens is 1. The minimum atomic E-state index is -3.55. The second-order valence-electron chi connectivity index (χ2n) is 4.81. The highest BCUT2D eigenvalue weighted by molar-refractivity contribution is 7.89. The molecule has 2 heterocycles. The van der Waals surface area contributed by atoms with Crippen LogP contribution in [0.5, 0.6) is 0 Å². The van der Waals surface area contributed by atoms with Crippen LogP contribution in [0.3, 0.4) is 0 Å². The molecule has 1 aromatic carbocycles. The Hall–Kier alpha value is -1.73. The zero-order valence-corrected chi connectivity index (χ0v) is 11.5. The third-order valence-corrected chi connectivity index (χ3v) is 5.44. The highest BCUT2D eigenvalue weighted by atomic mass is 32.2. The number of hydrogen-bond acceptors (Lipinski definition) is 3. The molecule has 1 saturated heterocycles. The summed E-state index contributed by atoms with van der Waals surface area (Å²) >= 11 is 0. The summed E-state index contributed by atoms with van der Waals surface area (Å²) < 4.78 is 39.2. The van der Waals surface area contributed by atoms with Crippen molar-refractivity contribution in [1.82, 2.24) is 14.5 Å². The van der Waals surface area contributed by atoms with Gasteiger partial charge in [-0.2, -0.15) is 9.40 Å². The number of halogens is 1. The Bertz CT molecular complexity index is 683. The largest absolute Gasteiger partial charge is 0.282 e. The fourth-order valence-electron chi connectivity index (χ4n) is 2.45. The van der Waals surface area contributed by atoms with Gasteiger partial charge in [0.25, 0.3) is 0 Å². The van der Waals surface area contributed by atoms with Gasteiger partial charge >= 0.3 is 0 Å². The summed E-state index contributed by atoms with van der Waals surface area (Å²) in [4.78, 5) is 0.129. The van der Waals surface area contributed by atoms with Crippen LogP contribution in [0, 0.1) is 5.82 Å². The number of benzene rings is 1. The lowest BCUT2D eigenvalue weighted by molar-refractivity contribution is 0.472. The topological polar surface area (TPSA) is 66.1 Å². The van der Waals surface area contributed by atoms with Crippen molar-refractivity contribution in [3.8, 4) is 0 Å². The van der Waals surface area contributed by atoms with Crippen molar-refractivity contribution in [2.24, 2.45) is 0 Å². The molecule has 1 aromatic heterocycles. The average Bonchev–Trinajstić information content (AvgIpc) is 3.10. The summed E-state index contributed by atoms with van der Waals surface area (Å²) in [5.74, 6) is -0.312. The zero-order valence-electron chi connectivity index (χ0n) is 10.7. The van der Waals surface area contributed by atoms with Crippen LogP contribution < -0.4 is 0 Å². The molecule has 0 radical (unpaired) electrons. The van der Waals surface area contributed by atoms with Crippen molar-refractivity contribution >= 4 is 10.0 Å². The fourth-order valence-corrected chi connectivity index (χ4v) is 3.95. The normalized spacial score (nSPS) is 20.4. The molecule has 0 spiro atoms. The molecule has 106 valence electrons. The summed E-state index contributed by atoms with van der Waals surface area (Å²) in [5.41, 5.74) is 0.946. The third kappa shape index (κ3) is 2.34. The Morgan fingerprint density at radius 2 is 2.00 bits per heavy atom. The fraction of sp³-hybridized carbons (Fsp3) is 0.308. The molecule has 5 nitrogen and oxygen atoms in total. The molecule has 1 atom stereocenters. The molecule has 0 aliphatic carbocycles. The number of sulfonamides is 1. The van der Waals surface area contributed by atoms with Gasteiger partial charge in [-0.15, -0.1) is 0 Å². The SMILES string of the molecule is O=S(=O)(c1ccc(F)cc1)N1CC[C@H](c2ccn[nH]2)C1. The lowest BCUT2D eigenvalue weighted by Crippen LogP contribution is -2.28. The zero-order chi connectivity index (χ0) is 14.2. The van der Waals surface area contributed by atoms with Crippen LogP contribution in [0.4, 0.5) is 4.39 Å². The Morgan fingerprint density at radius 1 is 1.25 bits per heavy atom. The summed E-state index contributed by atoms with van der Waals surface area (Å²) in [6, 6.07) is 6.78. The molecular weight excluding hydrogens is 281 g/mol. The molecule has 0 saturated carbocycles. The Morgan fingerprint density at radius 3 is 2.65 bits per heavy atom. The second kappa shape index (κ2) is 4.99. The van der Waals surface area contributed by atoms with Crippen LogP contribution in [0.1, 0.15) is 18.0 Å². The van der Waals surface area contributed by atoms with E-state index in [0.29, 0.717) is 13.1 Å². The lowest BCUT2D eigenvalue weighted by atomic mass is 10.1. The van der Waals surface area contributed by atoms with Crippen molar-refractivity contribution in [1.29, 1.82) is 0 Å². The number of nitrogens with zero attached hydrogens (tertiary/aromatic N) is 2. The maximum Gasteiger partial charge on any atom is 0.243 e. The highest BCUT2D eigenvalue weighted by Crippen LogP contribution is 2.29. The van der Waals surface area contributed by atoms with Crippen molar-refractivity contribution in [2.45, 2.75) is 17.2 Å². The van der Waals surface area contributed by atoms with Crippen LogP contribution in [-0.2, 0) is 10.0 Å². The van der Waals surface area contributed by atoms with Gasteiger partial charge < -0.3 is 0 Å². The molecule has 7 heteroatoms. The van der Waals surface area contributed by atoms with Gasteiger partial charge in [0.05, 0.1) is 4.90 Å². The van der Waals surface area contributed by atoms with Crippen LogP contribution >= 0.6 is 0 Å². The van der Waals surface area contributed by atoms with Crippen LogP contribution in [0.15, 0.2) is 41.4 Å². The minimum Gasteiger partial charge on any atom is -0.282 e. The predicted molar refractivity (Wildman–Crippen MR) is 71.1 cm³/mol. The molecule has 1 fully saturated rings. The summed E-state index contributed by atoms with van der Waals surface area (Å²) in [6.07, 6.45) is 2.41. The van der Waals surface area contributed by atoms with E-state index < -0.39 is 15.8 Å². The first-order valence-corrected chi connectivity index (χ1v) is 7.76. The van der Waals surface area contributed by atoms with Gasteiger partial charge in [-0.3, -0.25) is 5.10 Å². The highest BCUT2D eigenvalue weighted by Gasteiger charge is 2.33. The van der Waals surface area contributed by atoms with Gasteiger partial charge in [-0.05, 0) is 36.8 Å². The number of hydrogen-bond donors (Lipinski definition) is 1. The second-order valence-corrected chi connectivity index (χ2v) is 6.75. The van der Waals surface area contributed by atoms with Gasteiger partial charge in [0.2, 0.25) is 10.0 Å². The smallest absolute Gasteiger partial charge is 0.243 e. The minimum absolute atomic E-state index is 0.129. The van der Waals surface area contributed by atoms with E-state index in [1.807, 2.05) is 6.07 Å². The van der Waals surface area contributed by atoms with E-state index in [0.717, 1.165) is 24.2 Å². The van der Waals surface area contributed by atoms with E-state index in [1.165, 1.54) is 16.4 Å². The number of rotatable bonds is 3. The van der Waals surface area contributed by atoms with Gasteiger partial charge in [0.15, 0.2) is 0 Å². The lowest BCUT2D eigenvalue weighted by Gasteiger charge is -2.16. The molecule has 0 amide bonds. The number of nitrogens with one attached hydrogen (secondary N) is 1. The van der Waals surface area contributed by atoms with Gasteiger partial charge in [0, 0.05) is 30.9 Å². The first kappa shape index (κ1) is 13.3. The van der Waals surface area contributed by atoms with Crippen molar-refractivity contribution in [3.63, 3.8) is 0 Å². The van der Waals surface area contributed by atoms with E-state index in [9.17, 15) is 12.8 Å². The molecule has 0 bridgehead atoms. The van der Waals surface area contributed by atoms with Gasteiger partial charge in [-0.1, -0.05) is 0 Å². The maximum atomic E-state index is 12.9. The number of aromatic amines is 1. The molecule has 2 aromatic rings. The molecule has 1 aliphatic rings. The number of aromatic nitrogens is 2. The molecule has 20 heavy (non-hydrogen) atoms. The van der Waals surface area contributed by atoms with Gasteiger partial charge in [0.1, 0.15) is 5.82 Å². The first-order valence-electron chi connectivity index (χ1n) is 6.32. The Labute approximate surface area is 116 Å². The van der Waals surface area contributed by atoms with Crippen LogP contribution in [0.2, 0.25) is 0 Å². The monoisotopic (exact) mass is 295 g/mol. The Balaban J connectivity index is 1.81. The third-order valence-electron chi connectivity index (χ3n) is 3.56. The van der Waals surface area contributed by atoms with Crippen molar-refractivity contribution < 1.29 is 12.8 Å². The Kier molecular flexibility index (Phi) is 3.31. The summed E-state index contributed by atoms with van der Waals surface area (Å²) in [6.45, 7) is 0.880. The molecule has 1 N–H and O–H groups in total. The van der Waals surface area contributed by atoms with Crippen LogP contribution in [0.25, 0.3) is 0 Å². The quantitative estimate of drug-likeness (QED) is 0.937. The van der Waals surface area contributed by atoms with Gasteiger partial charge in [-0.25, -0.2) is 12.8 Å². The van der Waals surface area contributed by atoms with Crippen molar-refractivity contribution in [2.75, 3.05) is 13.1 Å². The molecule has 0 unspecified atom stereocenters. The molecular formula is C13H14FN3O2S. The standard InChI is InChI=1S/C13H14FN3O2S/c14-11-1-3-12(4-2-11)20(18,19)17-8-6-10(9-17)13-5-7-15-16-13/h1-5,7,10H,6,8-9H2,(H,15,16)/t10-/m0/s1. The summed E-state index contributed by atoms with van der Waals surface area (Å²) in [5, 5.41) is 6.76. The van der Waals surface area contributed by atoms with E-state index in [-0.39, 0.29) is 10.8 Å². The molecule has 3 rings (SSSR count). The van der Waals surface area contributed by atoms with E-state index in [2.05, 4.69) is 10.2 Å². The molecule has 1 aliphatic heterocycles. The van der Waals surface area contributed by atoms with Crippen LogP contribution in [-0.4, -0.2) is 36.0 Å². The maximum absolute atomic E-state index is 12.9. The average molecular weight is 295 g/mol. The van der Waals surface area contributed by atoms with E-state index in [4.69, 9.17) is 0 Å². The van der Waals surface area contributed by atoms with Crippen molar-refractivity contribution in [3.05, 3.63) is 48.0 Å².